The van der Waals surface area contributed by atoms with Gasteiger partial charge in [-0.2, -0.15) is 15.2 Å². The van der Waals surface area contributed by atoms with E-state index in [1.165, 1.54) is 18.9 Å². The summed E-state index contributed by atoms with van der Waals surface area (Å²) in [6.07, 6.45) is 6.76. The van der Waals surface area contributed by atoms with Crippen molar-refractivity contribution in [2.45, 2.75) is 56.7 Å². The van der Waals surface area contributed by atoms with E-state index in [0.29, 0.717) is 42.2 Å². The molecular formula is C30H35Cl2N7O2. The lowest BCUT2D eigenvalue weighted by molar-refractivity contribution is -0.128. The number of ether oxygens (including phenoxy) is 1. The Morgan fingerprint density at radius 1 is 1.15 bits per heavy atom. The van der Waals surface area contributed by atoms with Gasteiger partial charge < -0.3 is 19.4 Å². The number of likely N-dealkylation sites (tertiary alicyclic amines) is 1. The standard InChI is InChI=1S/C30H35Cl2N7O2/c1-2-26(40)39-17-16-38(18-21(39)8-12-33)28-22-9-15-37(25-7-5-6-23(31)27(25)32)19-24(22)34-29(35-28)41-30(10-11-30)20-36-13-3-4-14-36/h2,5-7,21H,1,3-4,8-11,13-20H2. The van der Waals surface area contributed by atoms with Gasteiger partial charge in [0, 0.05) is 38.3 Å². The highest BCUT2D eigenvalue weighted by atomic mass is 35.5. The van der Waals surface area contributed by atoms with Gasteiger partial charge in [-0.15, -0.1) is 0 Å². The first kappa shape index (κ1) is 28.1. The summed E-state index contributed by atoms with van der Waals surface area (Å²) >= 11 is 12.9. The molecule has 0 bridgehead atoms. The average molecular weight is 597 g/mol. The van der Waals surface area contributed by atoms with Crippen molar-refractivity contribution in [1.82, 2.24) is 19.8 Å². The van der Waals surface area contributed by atoms with Crippen molar-refractivity contribution >= 4 is 40.6 Å². The molecule has 0 N–H and O–H groups in total. The summed E-state index contributed by atoms with van der Waals surface area (Å²) < 4.78 is 6.62. The Labute approximate surface area is 251 Å². The second kappa shape index (κ2) is 11.7. The zero-order valence-corrected chi connectivity index (χ0v) is 24.7. The fourth-order valence-corrected chi connectivity index (χ4v) is 6.76. The first-order valence-corrected chi connectivity index (χ1v) is 15.2. The lowest BCUT2D eigenvalue weighted by Gasteiger charge is -2.42. The number of nitriles is 1. The Bertz CT molecular complexity index is 1370. The molecule has 3 aliphatic heterocycles. The molecule has 1 aliphatic carbocycles. The minimum absolute atomic E-state index is 0.148. The number of halogens is 2. The SMILES string of the molecule is C=CC(=O)N1CCN(c2nc(OC3(CN4CCCC4)CC3)nc3c2CCN(c2cccc(Cl)c2Cl)C3)CC1CC#N. The number of benzene rings is 1. The smallest absolute Gasteiger partial charge is 0.319 e. The molecule has 9 nitrogen and oxygen atoms in total. The van der Waals surface area contributed by atoms with Crippen molar-refractivity contribution in [2.24, 2.45) is 0 Å². The lowest BCUT2D eigenvalue weighted by Crippen LogP contribution is -2.55. The van der Waals surface area contributed by atoms with Crippen LogP contribution < -0.4 is 14.5 Å². The third-order valence-corrected chi connectivity index (χ3v) is 9.50. The summed E-state index contributed by atoms with van der Waals surface area (Å²) in [5.41, 5.74) is 2.63. The van der Waals surface area contributed by atoms with Gasteiger partial charge in [-0.3, -0.25) is 9.69 Å². The van der Waals surface area contributed by atoms with Gasteiger partial charge in [-0.1, -0.05) is 35.8 Å². The Hall–Kier alpha value is -3.06. The third-order valence-electron chi connectivity index (χ3n) is 8.69. The van der Waals surface area contributed by atoms with Crippen molar-refractivity contribution in [3.63, 3.8) is 0 Å². The van der Waals surface area contributed by atoms with Crippen molar-refractivity contribution in [3.8, 4) is 12.1 Å². The first-order chi connectivity index (χ1) is 19.9. The van der Waals surface area contributed by atoms with Crippen molar-refractivity contribution < 1.29 is 9.53 Å². The van der Waals surface area contributed by atoms with Crippen LogP contribution in [-0.4, -0.2) is 83.1 Å². The molecule has 1 atom stereocenters. The van der Waals surface area contributed by atoms with Crippen molar-refractivity contribution in [3.05, 3.63) is 52.2 Å². The van der Waals surface area contributed by atoms with E-state index in [9.17, 15) is 10.1 Å². The molecule has 1 aromatic carbocycles. The van der Waals surface area contributed by atoms with Crippen LogP contribution in [0.2, 0.25) is 10.0 Å². The fraction of sp³-hybridized carbons (Fsp3) is 0.533. The number of carbonyl (C=O) groups is 1. The summed E-state index contributed by atoms with van der Waals surface area (Å²) in [5, 5.41) is 10.6. The summed E-state index contributed by atoms with van der Waals surface area (Å²) in [6, 6.07) is 8.09. The van der Waals surface area contributed by atoms with Gasteiger partial charge in [0.25, 0.3) is 0 Å². The molecular weight excluding hydrogens is 561 g/mol. The number of amides is 1. The van der Waals surface area contributed by atoms with Gasteiger partial charge >= 0.3 is 6.01 Å². The van der Waals surface area contributed by atoms with Gasteiger partial charge in [-0.25, -0.2) is 0 Å². The van der Waals surface area contributed by atoms with E-state index in [1.807, 2.05) is 12.1 Å². The molecule has 4 aliphatic rings. The highest BCUT2D eigenvalue weighted by Crippen LogP contribution is 2.42. The number of hydrogen-bond donors (Lipinski definition) is 0. The highest BCUT2D eigenvalue weighted by molar-refractivity contribution is 6.43. The number of aromatic nitrogens is 2. The van der Waals surface area contributed by atoms with E-state index in [0.717, 1.165) is 68.2 Å². The van der Waals surface area contributed by atoms with Crippen molar-refractivity contribution in [2.75, 3.05) is 55.6 Å². The van der Waals surface area contributed by atoms with Gasteiger partial charge in [-0.05, 0) is 63.4 Å². The Morgan fingerprint density at radius 2 is 1.95 bits per heavy atom. The summed E-state index contributed by atoms with van der Waals surface area (Å²) in [5.74, 6) is 0.692. The van der Waals surface area contributed by atoms with E-state index >= 15 is 0 Å². The lowest BCUT2D eigenvalue weighted by atomic mass is 10.0. The van der Waals surface area contributed by atoms with Crippen LogP contribution in [0.4, 0.5) is 11.5 Å². The Balaban J connectivity index is 1.32. The molecule has 41 heavy (non-hydrogen) atoms. The minimum atomic E-state index is -0.246. The van der Waals surface area contributed by atoms with E-state index in [4.69, 9.17) is 37.9 Å². The van der Waals surface area contributed by atoms with Gasteiger partial charge in [0.1, 0.15) is 11.4 Å². The molecule has 1 unspecified atom stereocenters. The average Bonchev–Trinajstić information content (AvgIpc) is 3.52. The molecule has 1 saturated carbocycles. The molecule has 0 radical (unpaired) electrons. The van der Waals surface area contributed by atoms with Gasteiger partial charge in [0.15, 0.2) is 0 Å². The number of rotatable bonds is 8. The molecule has 1 aromatic heterocycles. The quantitative estimate of drug-likeness (QED) is 0.413. The van der Waals surface area contributed by atoms with Crippen LogP contribution in [0.25, 0.3) is 0 Å². The van der Waals surface area contributed by atoms with Crippen LogP contribution in [0.15, 0.2) is 30.9 Å². The second-order valence-electron chi connectivity index (χ2n) is 11.5. The van der Waals surface area contributed by atoms with Crippen LogP contribution >= 0.6 is 23.2 Å². The van der Waals surface area contributed by atoms with Crippen LogP contribution in [0, 0.1) is 11.3 Å². The maximum absolute atomic E-state index is 12.5. The zero-order valence-electron chi connectivity index (χ0n) is 23.2. The minimum Gasteiger partial charge on any atom is -0.455 e. The number of carbonyl (C=O) groups excluding carboxylic acids is 1. The topological polar surface area (TPSA) is 88.8 Å². The Kier molecular flexibility index (Phi) is 7.99. The molecule has 2 aromatic rings. The molecule has 2 saturated heterocycles. The van der Waals surface area contributed by atoms with Gasteiger partial charge in [0.2, 0.25) is 5.91 Å². The monoisotopic (exact) mass is 595 g/mol. The van der Waals surface area contributed by atoms with E-state index < -0.39 is 0 Å². The molecule has 216 valence electrons. The zero-order chi connectivity index (χ0) is 28.6. The van der Waals surface area contributed by atoms with Crippen LogP contribution in [0.3, 0.4) is 0 Å². The van der Waals surface area contributed by atoms with E-state index in [1.54, 1.807) is 11.0 Å². The summed E-state index contributed by atoms with van der Waals surface area (Å²) in [7, 11) is 0. The molecule has 6 rings (SSSR count). The van der Waals surface area contributed by atoms with Crippen LogP contribution in [0.5, 0.6) is 6.01 Å². The number of hydrogen-bond acceptors (Lipinski definition) is 8. The number of piperazine rings is 1. The predicted octanol–water partition coefficient (Wildman–Crippen LogP) is 4.47. The predicted molar refractivity (Wildman–Crippen MR) is 160 cm³/mol. The largest absolute Gasteiger partial charge is 0.455 e. The molecule has 1 amide bonds. The number of fused-ring (bicyclic) bond motifs is 1. The second-order valence-corrected chi connectivity index (χ2v) is 12.3. The maximum Gasteiger partial charge on any atom is 0.319 e. The third kappa shape index (κ3) is 5.83. The summed E-state index contributed by atoms with van der Waals surface area (Å²) in [6.45, 7) is 9.68. The van der Waals surface area contributed by atoms with Crippen LogP contribution in [0.1, 0.15) is 43.4 Å². The fourth-order valence-electron chi connectivity index (χ4n) is 6.35. The molecule has 0 spiro atoms. The van der Waals surface area contributed by atoms with Gasteiger partial charge in [0.05, 0.1) is 46.5 Å². The molecule has 3 fully saturated rings. The van der Waals surface area contributed by atoms with Crippen molar-refractivity contribution in [1.29, 1.82) is 5.26 Å². The summed E-state index contributed by atoms with van der Waals surface area (Å²) in [4.78, 5) is 31.2. The first-order valence-electron chi connectivity index (χ1n) is 14.4. The molecule has 4 heterocycles. The number of nitrogens with zero attached hydrogens (tertiary/aromatic N) is 7. The normalized spacial score (nSPS) is 21.8. The molecule has 11 heteroatoms. The van der Waals surface area contributed by atoms with Crippen LogP contribution in [-0.2, 0) is 17.8 Å². The van der Waals surface area contributed by atoms with E-state index in [2.05, 4.69) is 27.3 Å². The maximum atomic E-state index is 12.5. The Morgan fingerprint density at radius 3 is 2.68 bits per heavy atom. The van der Waals surface area contributed by atoms with E-state index in [-0.39, 0.29) is 24.0 Å². The highest BCUT2D eigenvalue weighted by Gasteiger charge is 2.48. The number of anilines is 2.